The van der Waals surface area contributed by atoms with Crippen molar-refractivity contribution in [2.75, 3.05) is 0 Å². The first-order valence-electron chi connectivity index (χ1n) is 9.04. The van der Waals surface area contributed by atoms with E-state index in [1.54, 1.807) is 0 Å². The van der Waals surface area contributed by atoms with Crippen LogP contribution in [0.25, 0.3) is 0 Å². The third-order valence-corrected chi connectivity index (χ3v) is 7.81. The minimum absolute atomic E-state index is 0.100. The molecule has 120 valence electrons. The fourth-order valence-corrected chi connectivity index (χ4v) is 6.53. The number of aliphatic hydroxyl groups is 2. The Bertz CT molecular complexity index is 544. The second-order valence-corrected chi connectivity index (χ2v) is 8.49. The van der Waals surface area contributed by atoms with Gasteiger partial charge in [0.15, 0.2) is 0 Å². The van der Waals surface area contributed by atoms with Crippen LogP contribution >= 0.6 is 0 Å². The van der Waals surface area contributed by atoms with Gasteiger partial charge >= 0.3 is 0 Å². The Morgan fingerprint density at radius 2 is 1.95 bits per heavy atom. The van der Waals surface area contributed by atoms with Gasteiger partial charge < -0.3 is 10.2 Å². The van der Waals surface area contributed by atoms with Gasteiger partial charge in [-0.25, -0.2) is 0 Å². The van der Waals surface area contributed by atoms with Crippen LogP contribution in [0.2, 0.25) is 0 Å². The molecule has 0 amide bonds. The maximum absolute atomic E-state index is 10.5. The largest absolute Gasteiger partial charge is 0.393 e. The quantitative estimate of drug-likeness (QED) is 0.532. The fraction of sp³-hybridized carbons (Fsp3) is 0.800. The lowest BCUT2D eigenvalue weighted by Gasteiger charge is -2.56. The molecule has 0 aromatic rings. The van der Waals surface area contributed by atoms with Gasteiger partial charge in [-0.15, -0.1) is 6.42 Å². The van der Waals surface area contributed by atoms with Crippen LogP contribution in [0, 0.1) is 40.9 Å². The van der Waals surface area contributed by atoms with Crippen molar-refractivity contribution in [3.8, 4) is 12.3 Å². The average Bonchev–Trinajstić information content (AvgIpc) is 2.82. The molecule has 0 aromatic carbocycles. The molecule has 2 nitrogen and oxygen atoms in total. The van der Waals surface area contributed by atoms with E-state index >= 15 is 0 Å². The van der Waals surface area contributed by atoms with Crippen molar-refractivity contribution >= 4 is 0 Å². The number of terminal acetylenes is 1. The minimum atomic E-state index is -0.202. The van der Waals surface area contributed by atoms with Crippen LogP contribution in [-0.4, -0.2) is 22.4 Å². The smallest absolute Gasteiger partial charge is 0.0596 e. The zero-order valence-electron chi connectivity index (χ0n) is 13.6. The standard InChI is InChI=1S/C20H28O2/c1-3-20-11-8-14(21)12-13(20)4-5-15-16-6-7-18(22)19(16,2)10-9-17(15)20/h1,4,14-18,21-22H,5-12H2,2H3/t14?,15?,16?,17?,18?,19?,20-/m0/s1. The summed E-state index contributed by atoms with van der Waals surface area (Å²) in [7, 11) is 0. The highest BCUT2D eigenvalue weighted by molar-refractivity contribution is 5.34. The molecule has 0 aromatic heterocycles. The molecule has 0 heterocycles. The van der Waals surface area contributed by atoms with Crippen molar-refractivity contribution in [1.29, 1.82) is 0 Å². The second kappa shape index (κ2) is 4.86. The molecule has 4 aliphatic rings. The van der Waals surface area contributed by atoms with E-state index < -0.39 is 0 Å². The molecule has 4 aliphatic carbocycles. The van der Waals surface area contributed by atoms with Gasteiger partial charge in [0.05, 0.1) is 17.6 Å². The summed E-state index contributed by atoms with van der Waals surface area (Å²) in [5.41, 5.74) is 1.35. The predicted molar refractivity (Wildman–Crippen MR) is 86.9 cm³/mol. The van der Waals surface area contributed by atoms with E-state index in [0.717, 1.165) is 51.4 Å². The highest BCUT2D eigenvalue weighted by Crippen LogP contribution is 2.64. The molecule has 2 heteroatoms. The normalized spacial score (nSPS) is 53.7. The van der Waals surface area contributed by atoms with Crippen molar-refractivity contribution < 1.29 is 10.2 Å². The van der Waals surface area contributed by atoms with E-state index in [0.29, 0.717) is 17.8 Å². The van der Waals surface area contributed by atoms with Crippen LogP contribution in [0.1, 0.15) is 58.3 Å². The molecule has 0 bridgehead atoms. The molecule has 0 spiro atoms. The maximum atomic E-state index is 10.5. The molecule has 3 fully saturated rings. The summed E-state index contributed by atoms with van der Waals surface area (Å²) in [6, 6.07) is 0. The van der Waals surface area contributed by atoms with Gasteiger partial charge in [0, 0.05) is 0 Å². The van der Waals surface area contributed by atoms with E-state index in [1.165, 1.54) is 5.57 Å². The molecule has 0 radical (unpaired) electrons. The number of hydrogen-bond donors (Lipinski definition) is 2. The van der Waals surface area contributed by atoms with Gasteiger partial charge in [-0.2, -0.15) is 0 Å². The Morgan fingerprint density at radius 3 is 2.73 bits per heavy atom. The van der Waals surface area contributed by atoms with Gasteiger partial charge in [0.2, 0.25) is 0 Å². The molecule has 7 atom stereocenters. The lowest BCUT2D eigenvalue weighted by atomic mass is 9.47. The Morgan fingerprint density at radius 1 is 1.14 bits per heavy atom. The summed E-state index contributed by atoms with van der Waals surface area (Å²) in [6.45, 7) is 2.30. The second-order valence-electron chi connectivity index (χ2n) is 8.49. The number of allylic oxidation sites excluding steroid dienone is 1. The van der Waals surface area contributed by atoms with Crippen LogP contribution < -0.4 is 0 Å². The Kier molecular flexibility index (Phi) is 3.26. The molecule has 3 saturated carbocycles. The Hall–Kier alpha value is -0.780. The number of fused-ring (bicyclic) bond motifs is 5. The van der Waals surface area contributed by atoms with Gasteiger partial charge in [-0.3, -0.25) is 0 Å². The lowest BCUT2D eigenvalue weighted by molar-refractivity contribution is -0.0622. The monoisotopic (exact) mass is 300 g/mol. The van der Waals surface area contributed by atoms with Crippen LogP contribution in [0.15, 0.2) is 11.6 Å². The number of rotatable bonds is 0. The van der Waals surface area contributed by atoms with Crippen LogP contribution in [0.5, 0.6) is 0 Å². The SMILES string of the molecule is C#C[C@]12CCC(O)CC1=CCC1C3CCC(O)C3(C)CCC12. The van der Waals surface area contributed by atoms with Crippen molar-refractivity contribution in [3.05, 3.63) is 11.6 Å². The van der Waals surface area contributed by atoms with Crippen LogP contribution in [0.4, 0.5) is 0 Å². The highest BCUT2D eigenvalue weighted by atomic mass is 16.3. The molecule has 4 rings (SSSR count). The molecule has 0 saturated heterocycles. The summed E-state index contributed by atoms with van der Waals surface area (Å²) in [5, 5.41) is 20.5. The van der Waals surface area contributed by atoms with Crippen molar-refractivity contribution in [2.24, 2.45) is 28.6 Å². The first kappa shape index (κ1) is 14.8. The topological polar surface area (TPSA) is 40.5 Å². The molecular formula is C20H28O2. The van der Waals surface area contributed by atoms with Gasteiger partial charge in [-0.05, 0) is 74.5 Å². The number of hydrogen-bond acceptors (Lipinski definition) is 2. The Labute approximate surface area is 134 Å². The lowest BCUT2D eigenvalue weighted by Crippen LogP contribution is -2.51. The molecule has 2 N–H and O–H groups in total. The van der Waals surface area contributed by atoms with E-state index in [4.69, 9.17) is 6.42 Å². The zero-order valence-corrected chi connectivity index (χ0v) is 13.6. The first-order chi connectivity index (χ1) is 10.5. The molecule has 0 aliphatic heterocycles. The minimum Gasteiger partial charge on any atom is -0.393 e. The molecular weight excluding hydrogens is 272 g/mol. The van der Waals surface area contributed by atoms with E-state index in [2.05, 4.69) is 18.9 Å². The van der Waals surface area contributed by atoms with Crippen molar-refractivity contribution in [3.63, 3.8) is 0 Å². The van der Waals surface area contributed by atoms with Crippen molar-refractivity contribution in [2.45, 2.75) is 70.5 Å². The molecule has 22 heavy (non-hydrogen) atoms. The fourth-order valence-electron chi connectivity index (χ4n) is 6.53. The van der Waals surface area contributed by atoms with Gasteiger partial charge in [0.1, 0.15) is 0 Å². The van der Waals surface area contributed by atoms with Gasteiger partial charge in [-0.1, -0.05) is 24.5 Å². The maximum Gasteiger partial charge on any atom is 0.0596 e. The summed E-state index contributed by atoms with van der Waals surface area (Å²) in [6.07, 6.45) is 16.2. The molecule has 6 unspecified atom stereocenters. The zero-order chi connectivity index (χ0) is 15.5. The van der Waals surface area contributed by atoms with E-state index in [9.17, 15) is 10.2 Å². The summed E-state index contributed by atoms with van der Waals surface area (Å²) >= 11 is 0. The van der Waals surface area contributed by atoms with Crippen LogP contribution in [0.3, 0.4) is 0 Å². The Balaban J connectivity index is 1.72. The van der Waals surface area contributed by atoms with E-state index in [-0.39, 0.29) is 23.0 Å². The van der Waals surface area contributed by atoms with Gasteiger partial charge in [0.25, 0.3) is 0 Å². The number of aliphatic hydroxyl groups excluding tert-OH is 2. The average molecular weight is 300 g/mol. The van der Waals surface area contributed by atoms with Crippen LogP contribution in [-0.2, 0) is 0 Å². The summed E-state index contributed by atoms with van der Waals surface area (Å²) in [4.78, 5) is 0. The van der Waals surface area contributed by atoms with E-state index in [1.807, 2.05) is 0 Å². The summed E-state index contributed by atoms with van der Waals surface area (Å²) < 4.78 is 0. The third kappa shape index (κ3) is 1.76. The summed E-state index contributed by atoms with van der Waals surface area (Å²) in [5.74, 6) is 5.02. The third-order valence-electron chi connectivity index (χ3n) is 7.81. The highest BCUT2D eigenvalue weighted by Gasteiger charge is 2.59. The predicted octanol–water partition coefficient (Wildman–Crippen LogP) is 3.28. The van der Waals surface area contributed by atoms with Crippen molar-refractivity contribution in [1.82, 2.24) is 0 Å². The first-order valence-corrected chi connectivity index (χ1v) is 9.04.